The molecule has 3 nitrogen and oxygen atoms in total. The number of halogens is 2. The molecule has 0 aliphatic rings. The first-order valence-electron chi connectivity index (χ1n) is 6.80. The molecule has 1 N–H and O–H groups in total. The zero-order valence-corrected chi connectivity index (χ0v) is 14.2. The fraction of sp³-hybridized carbons (Fsp3) is 0.176. The summed E-state index contributed by atoms with van der Waals surface area (Å²) in [6.07, 6.45) is 0.196. The van der Waals surface area contributed by atoms with Gasteiger partial charge >= 0.3 is 0 Å². The molecule has 2 aromatic carbocycles. The Kier molecular flexibility index (Phi) is 5.65. The van der Waals surface area contributed by atoms with Crippen molar-refractivity contribution in [3.8, 4) is 0 Å². The van der Waals surface area contributed by atoms with Gasteiger partial charge in [0.25, 0.3) is 0 Å². The van der Waals surface area contributed by atoms with Crippen molar-refractivity contribution >= 4 is 40.0 Å². The van der Waals surface area contributed by atoms with E-state index >= 15 is 0 Å². The number of Topliss-reactive ketones (excluding diaryl/α,β-unsaturated/α-hetero) is 1. The van der Waals surface area contributed by atoms with E-state index in [4.69, 9.17) is 0 Å². The fourth-order valence-electron chi connectivity index (χ4n) is 1.95. The Labute approximate surface area is 142 Å². The SMILES string of the molecule is Cc1ccc(F)cc1NC(=O)CCC(=O)c1ccc(I)cc1. The van der Waals surface area contributed by atoms with Crippen molar-refractivity contribution in [2.45, 2.75) is 19.8 Å². The van der Waals surface area contributed by atoms with Crippen LogP contribution in [0.15, 0.2) is 42.5 Å². The summed E-state index contributed by atoms with van der Waals surface area (Å²) in [6, 6.07) is 11.4. The fourth-order valence-corrected chi connectivity index (χ4v) is 2.31. The summed E-state index contributed by atoms with van der Waals surface area (Å²) < 4.78 is 14.2. The van der Waals surface area contributed by atoms with E-state index in [9.17, 15) is 14.0 Å². The number of anilines is 1. The standard InChI is InChI=1S/C17H15FINO2/c1-11-2-5-13(18)10-15(11)20-17(22)9-8-16(21)12-3-6-14(19)7-4-12/h2-7,10H,8-9H2,1H3,(H,20,22). The quantitative estimate of drug-likeness (QED) is 0.588. The van der Waals surface area contributed by atoms with E-state index in [1.807, 2.05) is 12.1 Å². The molecule has 0 radical (unpaired) electrons. The van der Waals surface area contributed by atoms with Crippen molar-refractivity contribution in [1.29, 1.82) is 0 Å². The summed E-state index contributed by atoms with van der Waals surface area (Å²) in [7, 11) is 0. The van der Waals surface area contributed by atoms with E-state index in [0.29, 0.717) is 11.3 Å². The third-order valence-electron chi connectivity index (χ3n) is 3.22. The Morgan fingerprint density at radius 3 is 2.45 bits per heavy atom. The molecule has 0 aromatic heterocycles. The number of ketones is 1. The van der Waals surface area contributed by atoms with E-state index in [1.54, 1.807) is 25.1 Å². The van der Waals surface area contributed by atoms with Gasteiger partial charge in [0.05, 0.1) is 0 Å². The van der Waals surface area contributed by atoms with E-state index < -0.39 is 5.82 Å². The summed E-state index contributed by atoms with van der Waals surface area (Å²) >= 11 is 2.16. The Bertz CT molecular complexity index is 698. The third kappa shape index (κ3) is 4.62. The molecule has 0 bridgehead atoms. The van der Waals surface area contributed by atoms with Crippen molar-refractivity contribution in [2.24, 2.45) is 0 Å². The second-order valence-electron chi connectivity index (χ2n) is 4.94. The molecular formula is C17H15FINO2. The van der Waals surface area contributed by atoms with Crippen LogP contribution < -0.4 is 5.32 Å². The Balaban J connectivity index is 1.91. The first-order valence-corrected chi connectivity index (χ1v) is 7.88. The number of nitrogens with one attached hydrogen (secondary N) is 1. The van der Waals surface area contributed by atoms with Crippen LogP contribution in [0.25, 0.3) is 0 Å². The first kappa shape index (κ1) is 16.6. The molecule has 0 saturated heterocycles. The van der Waals surface area contributed by atoms with E-state index in [0.717, 1.165) is 9.13 Å². The number of rotatable bonds is 5. The topological polar surface area (TPSA) is 46.2 Å². The molecule has 2 rings (SSSR count). The molecule has 0 unspecified atom stereocenters. The number of aryl methyl sites for hydroxylation is 1. The molecule has 0 atom stereocenters. The van der Waals surface area contributed by atoms with Gasteiger partial charge in [0.2, 0.25) is 5.91 Å². The van der Waals surface area contributed by atoms with Gasteiger partial charge in [0, 0.05) is 27.7 Å². The number of benzene rings is 2. The van der Waals surface area contributed by atoms with Gasteiger partial charge in [-0.05, 0) is 59.3 Å². The maximum atomic E-state index is 13.2. The Morgan fingerprint density at radius 2 is 1.77 bits per heavy atom. The zero-order chi connectivity index (χ0) is 16.1. The normalized spacial score (nSPS) is 10.3. The van der Waals surface area contributed by atoms with Crippen LogP contribution in [0, 0.1) is 16.3 Å². The smallest absolute Gasteiger partial charge is 0.224 e. The van der Waals surface area contributed by atoms with Gasteiger partial charge in [0.1, 0.15) is 5.82 Å². The van der Waals surface area contributed by atoms with Gasteiger partial charge in [-0.3, -0.25) is 9.59 Å². The van der Waals surface area contributed by atoms with Crippen LogP contribution >= 0.6 is 22.6 Å². The molecule has 0 spiro atoms. The van der Waals surface area contributed by atoms with Crippen molar-refractivity contribution in [1.82, 2.24) is 0 Å². The number of carbonyl (C=O) groups is 2. The molecular weight excluding hydrogens is 396 g/mol. The summed E-state index contributed by atoms with van der Waals surface area (Å²) in [6.45, 7) is 1.78. The molecule has 0 aliphatic carbocycles. The first-order chi connectivity index (χ1) is 10.5. The van der Waals surface area contributed by atoms with Crippen molar-refractivity contribution in [3.63, 3.8) is 0 Å². The highest BCUT2D eigenvalue weighted by atomic mass is 127. The van der Waals surface area contributed by atoms with Crippen molar-refractivity contribution in [3.05, 3.63) is 63.0 Å². The molecule has 22 heavy (non-hydrogen) atoms. The predicted octanol–water partition coefficient (Wildman–Crippen LogP) is 4.34. The lowest BCUT2D eigenvalue weighted by atomic mass is 10.1. The van der Waals surface area contributed by atoms with Crippen LogP contribution in [0.5, 0.6) is 0 Å². The average molecular weight is 411 g/mol. The Hall–Kier alpha value is -1.76. The third-order valence-corrected chi connectivity index (χ3v) is 3.94. The van der Waals surface area contributed by atoms with Gasteiger partial charge in [-0.1, -0.05) is 18.2 Å². The highest BCUT2D eigenvalue weighted by Crippen LogP contribution is 2.17. The Morgan fingerprint density at radius 1 is 1.09 bits per heavy atom. The lowest BCUT2D eigenvalue weighted by Crippen LogP contribution is -2.14. The maximum Gasteiger partial charge on any atom is 0.224 e. The minimum absolute atomic E-state index is 0.0702. The van der Waals surface area contributed by atoms with Crippen LogP contribution in [0.2, 0.25) is 0 Å². The number of hydrogen-bond acceptors (Lipinski definition) is 2. The van der Waals surface area contributed by atoms with Crippen molar-refractivity contribution < 1.29 is 14.0 Å². The van der Waals surface area contributed by atoms with E-state index in [1.165, 1.54) is 12.1 Å². The van der Waals surface area contributed by atoms with E-state index in [2.05, 4.69) is 27.9 Å². The minimum atomic E-state index is -0.407. The second kappa shape index (κ2) is 7.49. The highest BCUT2D eigenvalue weighted by Gasteiger charge is 2.10. The number of hydrogen-bond donors (Lipinski definition) is 1. The van der Waals surface area contributed by atoms with Crippen LogP contribution in [-0.2, 0) is 4.79 Å². The van der Waals surface area contributed by atoms with Gasteiger partial charge in [-0.15, -0.1) is 0 Å². The molecule has 0 fully saturated rings. The highest BCUT2D eigenvalue weighted by molar-refractivity contribution is 14.1. The van der Waals surface area contributed by atoms with Crippen LogP contribution in [-0.4, -0.2) is 11.7 Å². The maximum absolute atomic E-state index is 13.2. The molecule has 1 amide bonds. The number of amides is 1. The molecule has 114 valence electrons. The van der Waals surface area contributed by atoms with Gasteiger partial charge in [-0.2, -0.15) is 0 Å². The lowest BCUT2D eigenvalue weighted by molar-refractivity contribution is -0.116. The monoisotopic (exact) mass is 411 g/mol. The van der Waals surface area contributed by atoms with Gasteiger partial charge in [-0.25, -0.2) is 4.39 Å². The van der Waals surface area contributed by atoms with Crippen LogP contribution in [0.4, 0.5) is 10.1 Å². The van der Waals surface area contributed by atoms with Gasteiger partial charge < -0.3 is 5.32 Å². The second-order valence-corrected chi connectivity index (χ2v) is 6.18. The zero-order valence-electron chi connectivity index (χ0n) is 12.0. The summed E-state index contributed by atoms with van der Waals surface area (Å²) in [4.78, 5) is 23.9. The van der Waals surface area contributed by atoms with Crippen LogP contribution in [0.1, 0.15) is 28.8 Å². The van der Waals surface area contributed by atoms with E-state index in [-0.39, 0.29) is 24.5 Å². The number of carbonyl (C=O) groups excluding carboxylic acids is 2. The predicted molar refractivity (Wildman–Crippen MR) is 92.5 cm³/mol. The lowest BCUT2D eigenvalue weighted by Gasteiger charge is -2.08. The van der Waals surface area contributed by atoms with Crippen molar-refractivity contribution in [2.75, 3.05) is 5.32 Å². The average Bonchev–Trinajstić information content (AvgIpc) is 2.49. The van der Waals surface area contributed by atoms with Gasteiger partial charge in [0.15, 0.2) is 5.78 Å². The summed E-state index contributed by atoms with van der Waals surface area (Å²) in [5.74, 6) is -0.786. The summed E-state index contributed by atoms with van der Waals surface area (Å²) in [5, 5.41) is 2.63. The van der Waals surface area contributed by atoms with Crippen LogP contribution in [0.3, 0.4) is 0 Å². The molecule has 5 heteroatoms. The largest absolute Gasteiger partial charge is 0.326 e. The molecule has 0 aliphatic heterocycles. The molecule has 0 saturated carbocycles. The molecule has 2 aromatic rings. The molecule has 0 heterocycles. The summed E-state index contributed by atoms with van der Waals surface area (Å²) in [5.41, 5.74) is 1.81. The minimum Gasteiger partial charge on any atom is -0.326 e.